The Morgan fingerprint density at radius 3 is 2.65 bits per heavy atom. The molecule has 31 heavy (non-hydrogen) atoms. The van der Waals surface area contributed by atoms with E-state index in [1.165, 1.54) is 18.5 Å². The topological polar surface area (TPSA) is 85.2 Å². The third-order valence-electron chi connectivity index (χ3n) is 4.85. The van der Waals surface area contributed by atoms with Crippen LogP contribution in [0.15, 0.2) is 55.1 Å². The molecule has 1 saturated heterocycles. The lowest BCUT2D eigenvalue weighted by atomic mass is 9.97. The van der Waals surface area contributed by atoms with Gasteiger partial charge >= 0.3 is 6.36 Å². The summed E-state index contributed by atoms with van der Waals surface area (Å²) in [5.74, 6) is 0.499. The Bertz CT molecular complexity index is 1020. The number of halogens is 3. The van der Waals surface area contributed by atoms with Crippen LogP contribution in [0.1, 0.15) is 12.8 Å². The number of benzene rings is 1. The third kappa shape index (κ3) is 5.30. The number of nitrogens with zero attached hydrogens (tertiary/aromatic N) is 5. The van der Waals surface area contributed by atoms with E-state index >= 15 is 0 Å². The summed E-state index contributed by atoms with van der Waals surface area (Å²) in [4.78, 5) is 23.3. The van der Waals surface area contributed by atoms with Crippen molar-refractivity contribution in [3.63, 3.8) is 0 Å². The van der Waals surface area contributed by atoms with Crippen LogP contribution in [0.5, 0.6) is 5.75 Å². The molecule has 1 atom stereocenters. The minimum Gasteiger partial charge on any atom is -0.406 e. The number of hydrogen-bond donors (Lipinski definition) is 1. The number of piperidine rings is 1. The summed E-state index contributed by atoms with van der Waals surface area (Å²) in [5, 5.41) is 6.92. The Kier molecular flexibility index (Phi) is 5.74. The van der Waals surface area contributed by atoms with Crippen molar-refractivity contribution in [1.29, 1.82) is 0 Å². The molecule has 1 aliphatic heterocycles. The van der Waals surface area contributed by atoms with E-state index in [2.05, 4.69) is 25.1 Å². The lowest BCUT2D eigenvalue weighted by Crippen LogP contribution is -2.41. The third-order valence-corrected chi connectivity index (χ3v) is 4.85. The fourth-order valence-corrected chi connectivity index (χ4v) is 3.42. The Morgan fingerprint density at radius 1 is 1.16 bits per heavy atom. The van der Waals surface area contributed by atoms with Crippen molar-refractivity contribution in [2.45, 2.75) is 19.2 Å². The van der Waals surface area contributed by atoms with Crippen molar-refractivity contribution < 1.29 is 22.7 Å². The molecule has 0 unspecified atom stereocenters. The van der Waals surface area contributed by atoms with Gasteiger partial charge in [0.15, 0.2) is 5.82 Å². The van der Waals surface area contributed by atoms with Crippen molar-refractivity contribution in [2.24, 2.45) is 5.92 Å². The summed E-state index contributed by atoms with van der Waals surface area (Å²) in [6.45, 7) is 1.22. The van der Waals surface area contributed by atoms with Crippen molar-refractivity contribution in [1.82, 2.24) is 19.7 Å². The van der Waals surface area contributed by atoms with Gasteiger partial charge in [0.25, 0.3) is 0 Å². The molecule has 3 heterocycles. The second-order valence-corrected chi connectivity index (χ2v) is 7.03. The zero-order valence-electron chi connectivity index (χ0n) is 16.3. The number of carbonyl (C=O) groups is 1. The van der Waals surface area contributed by atoms with Crippen LogP contribution in [0.2, 0.25) is 0 Å². The van der Waals surface area contributed by atoms with Gasteiger partial charge in [-0.3, -0.25) is 4.79 Å². The van der Waals surface area contributed by atoms with Crippen LogP contribution in [-0.2, 0) is 4.79 Å². The molecule has 1 aromatic carbocycles. The van der Waals surface area contributed by atoms with Crippen LogP contribution in [0.4, 0.5) is 24.7 Å². The maximum atomic E-state index is 12.7. The molecule has 2 aromatic heterocycles. The molecule has 1 aliphatic rings. The number of anilines is 2. The summed E-state index contributed by atoms with van der Waals surface area (Å²) < 4.78 is 42.3. The van der Waals surface area contributed by atoms with Crippen molar-refractivity contribution in [3.8, 4) is 11.6 Å². The number of aromatic nitrogens is 4. The quantitative estimate of drug-likeness (QED) is 0.665. The molecule has 3 aromatic rings. The van der Waals surface area contributed by atoms with E-state index in [9.17, 15) is 18.0 Å². The van der Waals surface area contributed by atoms with E-state index in [0.717, 1.165) is 25.1 Å². The van der Waals surface area contributed by atoms with Crippen LogP contribution in [0.25, 0.3) is 5.82 Å². The number of nitrogens with one attached hydrogen (secondary N) is 1. The van der Waals surface area contributed by atoms with E-state index in [4.69, 9.17) is 0 Å². The molecular weight excluding hydrogens is 413 g/mol. The summed E-state index contributed by atoms with van der Waals surface area (Å²) in [7, 11) is 0. The monoisotopic (exact) mass is 432 g/mol. The molecule has 1 fully saturated rings. The van der Waals surface area contributed by atoms with Gasteiger partial charge in [-0.2, -0.15) is 5.10 Å². The highest BCUT2D eigenvalue weighted by Gasteiger charge is 2.31. The summed E-state index contributed by atoms with van der Waals surface area (Å²) in [6.07, 6.45) is 1.65. The van der Waals surface area contributed by atoms with Gasteiger partial charge in [0, 0.05) is 37.2 Å². The minimum absolute atomic E-state index is 0.199. The van der Waals surface area contributed by atoms with E-state index in [1.54, 1.807) is 23.1 Å². The Morgan fingerprint density at radius 2 is 1.94 bits per heavy atom. The molecule has 1 N–H and O–H groups in total. The molecule has 0 bridgehead atoms. The molecular formula is C20H19F3N6O2. The highest BCUT2D eigenvalue weighted by molar-refractivity contribution is 5.93. The predicted octanol–water partition coefficient (Wildman–Crippen LogP) is 3.42. The largest absolute Gasteiger partial charge is 0.573 e. The van der Waals surface area contributed by atoms with Crippen molar-refractivity contribution >= 4 is 17.4 Å². The normalized spacial score (nSPS) is 16.7. The van der Waals surface area contributed by atoms with Gasteiger partial charge in [-0.05, 0) is 43.2 Å². The Balaban J connectivity index is 1.39. The predicted molar refractivity (Wildman–Crippen MR) is 106 cm³/mol. The smallest absolute Gasteiger partial charge is 0.406 e. The van der Waals surface area contributed by atoms with Gasteiger partial charge in [0.05, 0.1) is 5.92 Å². The first kappa shape index (κ1) is 20.6. The van der Waals surface area contributed by atoms with Crippen LogP contribution in [0.3, 0.4) is 0 Å². The summed E-state index contributed by atoms with van der Waals surface area (Å²) >= 11 is 0. The highest BCUT2D eigenvalue weighted by atomic mass is 19.4. The fourth-order valence-electron chi connectivity index (χ4n) is 3.42. The number of amides is 1. The van der Waals surface area contributed by atoms with Gasteiger partial charge in [-0.25, -0.2) is 14.6 Å². The summed E-state index contributed by atoms with van der Waals surface area (Å²) in [6, 6.07) is 8.68. The fraction of sp³-hybridized carbons (Fsp3) is 0.300. The first-order chi connectivity index (χ1) is 14.9. The Hall–Kier alpha value is -3.63. The van der Waals surface area contributed by atoms with Crippen molar-refractivity contribution in [2.75, 3.05) is 23.3 Å². The zero-order chi connectivity index (χ0) is 21.8. The molecule has 162 valence electrons. The molecule has 1 amide bonds. The number of hydrogen-bond acceptors (Lipinski definition) is 6. The molecule has 11 heteroatoms. The van der Waals surface area contributed by atoms with E-state index in [1.807, 2.05) is 11.0 Å². The second kappa shape index (κ2) is 8.62. The SMILES string of the molecule is O=C(Nc1ccc(OC(F)(F)F)cc1)[C@H]1CCCN(c2cc(-n3cccn3)ncn2)C1. The zero-order valence-corrected chi connectivity index (χ0v) is 16.3. The molecule has 0 saturated carbocycles. The minimum atomic E-state index is -4.76. The number of rotatable bonds is 5. The first-order valence-corrected chi connectivity index (χ1v) is 9.61. The standard InChI is InChI=1S/C20H19F3N6O2/c21-20(22,23)31-16-6-4-15(5-7-16)27-19(30)14-3-1-9-28(12-14)17-11-18(25-13-24-17)29-10-2-8-26-29/h2,4-8,10-11,13-14H,1,3,9,12H2,(H,27,30)/t14-/m0/s1. The van der Waals surface area contributed by atoms with Crippen LogP contribution >= 0.6 is 0 Å². The Labute approximate surface area is 175 Å². The molecule has 4 rings (SSSR count). The molecule has 0 aliphatic carbocycles. The van der Waals surface area contributed by atoms with Gasteiger partial charge in [0.1, 0.15) is 17.9 Å². The average Bonchev–Trinajstić information content (AvgIpc) is 3.29. The number of carbonyl (C=O) groups excluding carboxylic acids is 1. The van der Waals surface area contributed by atoms with Gasteiger partial charge in [-0.15, -0.1) is 13.2 Å². The average molecular weight is 432 g/mol. The van der Waals surface area contributed by atoms with Crippen LogP contribution in [0, 0.1) is 5.92 Å². The number of ether oxygens (including phenoxy) is 1. The van der Waals surface area contributed by atoms with E-state index in [0.29, 0.717) is 30.3 Å². The summed E-state index contributed by atoms with van der Waals surface area (Å²) in [5.41, 5.74) is 0.402. The number of alkyl halides is 3. The van der Waals surface area contributed by atoms with Crippen LogP contribution in [-0.4, -0.2) is 45.1 Å². The molecule has 0 radical (unpaired) electrons. The second-order valence-electron chi connectivity index (χ2n) is 7.03. The van der Waals surface area contributed by atoms with Crippen LogP contribution < -0.4 is 15.0 Å². The first-order valence-electron chi connectivity index (χ1n) is 9.61. The molecule has 8 nitrogen and oxygen atoms in total. The van der Waals surface area contributed by atoms with Crippen molar-refractivity contribution in [3.05, 3.63) is 55.1 Å². The van der Waals surface area contributed by atoms with Gasteiger partial charge in [-0.1, -0.05) is 0 Å². The maximum absolute atomic E-state index is 12.7. The maximum Gasteiger partial charge on any atom is 0.573 e. The van der Waals surface area contributed by atoms with E-state index in [-0.39, 0.29) is 17.6 Å². The van der Waals surface area contributed by atoms with Gasteiger partial charge < -0.3 is 15.0 Å². The lowest BCUT2D eigenvalue weighted by molar-refractivity contribution is -0.274. The van der Waals surface area contributed by atoms with E-state index < -0.39 is 6.36 Å². The molecule has 0 spiro atoms. The highest BCUT2D eigenvalue weighted by Crippen LogP contribution is 2.26. The lowest BCUT2D eigenvalue weighted by Gasteiger charge is -2.32. The van der Waals surface area contributed by atoms with Gasteiger partial charge in [0.2, 0.25) is 5.91 Å².